The van der Waals surface area contributed by atoms with Gasteiger partial charge in [0.1, 0.15) is 5.69 Å². The van der Waals surface area contributed by atoms with Gasteiger partial charge in [0.25, 0.3) is 0 Å². The van der Waals surface area contributed by atoms with Crippen molar-refractivity contribution in [2.24, 2.45) is 0 Å². The second kappa shape index (κ2) is 4.02. The van der Waals surface area contributed by atoms with E-state index in [9.17, 15) is 0 Å². The second-order valence-corrected chi connectivity index (χ2v) is 3.88. The summed E-state index contributed by atoms with van der Waals surface area (Å²) in [6.45, 7) is 0.643. The van der Waals surface area contributed by atoms with Crippen molar-refractivity contribution >= 4 is 0 Å². The molecule has 82 valence electrons. The fourth-order valence-corrected chi connectivity index (χ4v) is 1.44. The highest BCUT2D eigenvalue weighted by Gasteiger charge is 2.21. The molecule has 0 spiro atoms. The summed E-state index contributed by atoms with van der Waals surface area (Å²) in [4.78, 5) is 8.44. The molecule has 0 saturated heterocycles. The minimum Gasteiger partial charge on any atom is -0.337 e. The van der Waals surface area contributed by atoms with Crippen molar-refractivity contribution in [2.45, 2.75) is 25.4 Å². The van der Waals surface area contributed by atoms with E-state index in [1.807, 2.05) is 18.2 Å². The van der Waals surface area contributed by atoms with Crippen molar-refractivity contribution in [3.63, 3.8) is 0 Å². The summed E-state index contributed by atoms with van der Waals surface area (Å²) in [5, 5.41) is 7.22. The molecule has 1 aliphatic rings. The van der Waals surface area contributed by atoms with Crippen molar-refractivity contribution in [3.8, 4) is 11.5 Å². The van der Waals surface area contributed by atoms with Crippen LogP contribution in [0.1, 0.15) is 18.7 Å². The third kappa shape index (κ3) is 2.09. The van der Waals surface area contributed by atoms with Crippen molar-refractivity contribution < 1.29 is 4.52 Å². The molecule has 0 bridgehead atoms. The van der Waals surface area contributed by atoms with E-state index in [0.29, 0.717) is 24.3 Å². The molecule has 0 unspecified atom stereocenters. The summed E-state index contributed by atoms with van der Waals surface area (Å²) in [5.74, 6) is 1.17. The molecule has 16 heavy (non-hydrogen) atoms. The van der Waals surface area contributed by atoms with Crippen molar-refractivity contribution in [3.05, 3.63) is 30.3 Å². The average molecular weight is 216 g/mol. The Morgan fingerprint density at radius 2 is 2.31 bits per heavy atom. The maximum absolute atomic E-state index is 5.13. The van der Waals surface area contributed by atoms with Crippen LogP contribution in [0.2, 0.25) is 0 Å². The Morgan fingerprint density at radius 1 is 1.38 bits per heavy atom. The lowest BCUT2D eigenvalue weighted by molar-refractivity contribution is 0.367. The van der Waals surface area contributed by atoms with Crippen LogP contribution in [0.5, 0.6) is 0 Å². The quantitative estimate of drug-likeness (QED) is 0.836. The smallest absolute Gasteiger partial charge is 0.240 e. The second-order valence-electron chi connectivity index (χ2n) is 3.88. The maximum Gasteiger partial charge on any atom is 0.240 e. The lowest BCUT2D eigenvalue weighted by Gasteiger charge is -1.94. The van der Waals surface area contributed by atoms with E-state index in [0.717, 1.165) is 5.69 Å². The van der Waals surface area contributed by atoms with Crippen LogP contribution in [0.15, 0.2) is 28.9 Å². The molecular weight excluding hydrogens is 204 g/mol. The lowest BCUT2D eigenvalue weighted by atomic mass is 10.3. The number of nitrogens with one attached hydrogen (secondary N) is 1. The summed E-state index contributed by atoms with van der Waals surface area (Å²) in [6, 6.07) is 6.27. The number of pyridine rings is 1. The van der Waals surface area contributed by atoms with E-state index < -0.39 is 0 Å². The van der Waals surface area contributed by atoms with Crippen molar-refractivity contribution in [1.29, 1.82) is 0 Å². The predicted molar refractivity (Wildman–Crippen MR) is 57.4 cm³/mol. The number of nitrogens with zero attached hydrogens (tertiary/aromatic N) is 3. The van der Waals surface area contributed by atoms with Gasteiger partial charge < -0.3 is 9.84 Å². The van der Waals surface area contributed by atoms with Gasteiger partial charge in [0.15, 0.2) is 0 Å². The zero-order valence-electron chi connectivity index (χ0n) is 8.76. The molecule has 0 aliphatic heterocycles. The molecule has 5 nitrogen and oxygen atoms in total. The highest BCUT2D eigenvalue weighted by atomic mass is 16.5. The van der Waals surface area contributed by atoms with Crippen LogP contribution >= 0.6 is 0 Å². The number of aromatic nitrogens is 3. The Labute approximate surface area is 92.9 Å². The first-order valence-corrected chi connectivity index (χ1v) is 5.39. The predicted octanol–water partition coefficient (Wildman–Crippen LogP) is 1.38. The third-order valence-corrected chi connectivity index (χ3v) is 2.48. The average Bonchev–Trinajstić information content (AvgIpc) is 3.05. The molecule has 1 N–H and O–H groups in total. The minimum absolute atomic E-state index is 0.549. The van der Waals surface area contributed by atoms with E-state index >= 15 is 0 Å². The van der Waals surface area contributed by atoms with Crippen LogP contribution in [0.25, 0.3) is 11.5 Å². The van der Waals surface area contributed by atoms with Crippen molar-refractivity contribution in [2.75, 3.05) is 0 Å². The van der Waals surface area contributed by atoms with Gasteiger partial charge >= 0.3 is 0 Å². The summed E-state index contributed by atoms with van der Waals surface area (Å²) < 4.78 is 5.13. The maximum atomic E-state index is 5.13. The van der Waals surface area contributed by atoms with Crippen LogP contribution in [-0.2, 0) is 6.54 Å². The fraction of sp³-hybridized carbons (Fsp3) is 0.364. The van der Waals surface area contributed by atoms with Gasteiger partial charge in [0.2, 0.25) is 11.7 Å². The van der Waals surface area contributed by atoms with Crippen LogP contribution in [-0.4, -0.2) is 21.2 Å². The summed E-state index contributed by atoms with van der Waals surface area (Å²) in [7, 11) is 0. The third-order valence-electron chi connectivity index (χ3n) is 2.48. The van der Waals surface area contributed by atoms with Gasteiger partial charge in [-0.25, -0.2) is 0 Å². The molecule has 0 aromatic carbocycles. The van der Waals surface area contributed by atoms with Crippen LogP contribution in [0.4, 0.5) is 0 Å². The first-order valence-electron chi connectivity index (χ1n) is 5.39. The standard InChI is InChI=1S/C11H12N4O/c1-2-6-12-9(3-1)11-14-10(16-15-11)7-13-8-4-5-8/h1-3,6,8,13H,4-5,7H2. The normalized spacial score (nSPS) is 15.2. The molecule has 5 heteroatoms. The Morgan fingerprint density at radius 3 is 3.06 bits per heavy atom. The zero-order valence-corrected chi connectivity index (χ0v) is 8.76. The van der Waals surface area contributed by atoms with E-state index in [-0.39, 0.29) is 0 Å². The molecule has 2 aromatic rings. The topological polar surface area (TPSA) is 63.8 Å². The largest absolute Gasteiger partial charge is 0.337 e. The number of hydrogen-bond acceptors (Lipinski definition) is 5. The van der Waals surface area contributed by atoms with Gasteiger partial charge in [-0.2, -0.15) is 4.98 Å². The highest BCUT2D eigenvalue weighted by molar-refractivity contribution is 5.46. The SMILES string of the molecule is c1ccc(-c2noc(CNC3CC3)n2)nc1. The molecule has 0 atom stereocenters. The molecule has 0 amide bonds. The number of hydrogen-bond donors (Lipinski definition) is 1. The molecule has 3 rings (SSSR count). The highest BCUT2D eigenvalue weighted by Crippen LogP contribution is 2.19. The van der Waals surface area contributed by atoms with Gasteiger partial charge in [-0.1, -0.05) is 11.2 Å². The summed E-state index contributed by atoms with van der Waals surface area (Å²) in [6.07, 6.45) is 4.22. The van der Waals surface area contributed by atoms with E-state index in [2.05, 4.69) is 20.4 Å². The Kier molecular flexibility index (Phi) is 2.38. The monoisotopic (exact) mass is 216 g/mol. The molecule has 2 aromatic heterocycles. The molecule has 1 aliphatic carbocycles. The fourth-order valence-electron chi connectivity index (χ4n) is 1.44. The Balaban J connectivity index is 1.71. The summed E-state index contributed by atoms with van der Waals surface area (Å²) >= 11 is 0. The Bertz CT molecular complexity index is 464. The van der Waals surface area contributed by atoms with Gasteiger partial charge in [-0.3, -0.25) is 4.98 Å². The molecule has 1 saturated carbocycles. The molecule has 0 radical (unpaired) electrons. The van der Waals surface area contributed by atoms with E-state index in [1.165, 1.54) is 12.8 Å². The van der Waals surface area contributed by atoms with Crippen molar-refractivity contribution in [1.82, 2.24) is 20.4 Å². The lowest BCUT2D eigenvalue weighted by Crippen LogP contribution is -2.15. The molecule has 1 fully saturated rings. The van der Waals surface area contributed by atoms with Crippen LogP contribution < -0.4 is 5.32 Å². The number of rotatable bonds is 4. The van der Waals surface area contributed by atoms with E-state index in [1.54, 1.807) is 6.20 Å². The van der Waals surface area contributed by atoms with Crippen LogP contribution in [0, 0.1) is 0 Å². The molecular formula is C11H12N4O. The van der Waals surface area contributed by atoms with E-state index in [4.69, 9.17) is 4.52 Å². The van der Waals surface area contributed by atoms with Gasteiger partial charge in [0, 0.05) is 12.2 Å². The van der Waals surface area contributed by atoms with Crippen LogP contribution in [0.3, 0.4) is 0 Å². The first-order chi connectivity index (χ1) is 7.92. The van der Waals surface area contributed by atoms with Gasteiger partial charge in [0.05, 0.1) is 6.54 Å². The first kappa shape index (κ1) is 9.47. The van der Waals surface area contributed by atoms with Gasteiger partial charge in [-0.15, -0.1) is 0 Å². The minimum atomic E-state index is 0.549. The Hall–Kier alpha value is -1.75. The zero-order chi connectivity index (χ0) is 10.8. The molecule has 2 heterocycles. The van der Waals surface area contributed by atoms with Gasteiger partial charge in [-0.05, 0) is 25.0 Å². The summed E-state index contributed by atoms with van der Waals surface area (Å²) in [5.41, 5.74) is 0.740.